The van der Waals surface area contributed by atoms with E-state index in [-0.39, 0.29) is 17.9 Å². The Labute approximate surface area is 142 Å². The van der Waals surface area contributed by atoms with Gasteiger partial charge in [0, 0.05) is 5.69 Å². The quantitative estimate of drug-likeness (QED) is 0.835. The van der Waals surface area contributed by atoms with Gasteiger partial charge in [-0.3, -0.25) is 4.79 Å². The van der Waals surface area contributed by atoms with Crippen LogP contribution in [-0.4, -0.2) is 12.5 Å². The summed E-state index contributed by atoms with van der Waals surface area (Å²) in [5, 5.41) is 3.24. The average Bonchev–Trinajstić information content (AvgIpc) is 2.61. The standard InChI is InChI=1S/C20H22N2O2/c21-16-8-9-17-13(11-16)5-3-6-18(17)22-20(23)15-10-14-4-1-2-7-19(14)24-12-15/h1-2,4,7-9,11,15,18H,3,5-6,10,12,21H2,(H,22,23). The highest BCUT2D eigenvalue weighted by Crippen LogP contribution is 2.32. The number of nitrogens with one attached hydrogen (secondary N) is 1. The maximum absolute atomic E-state index is 12.7. The second-order valence-corrected chi connectivity index (χ2v) is 6.73. The summed E-state index contributed by atoms with van der Waals surface area (Å²) in [6, 6.07) is 14.0. The Morgan fingerprint density at radius 1 is 1.17 bits per heavy atom. The highest BCUT2D eigenvalue weighted by molar-refractivity contribution is 5.80. The van der Waals surface area contributed by atoms with Crippen LogP contribution in [0.3, 0.4) is 0 Å². The van der Waals surface area contributed by atoms with Gasteiger partial charge in [0.05, 0.1) is 12.0 Å². The number of ether oxygens (including phenoxy) is 1. The number of amides is 1. The molecule has 1 heterocycles. The van der Waals surface area contributed by atoms with Gasteiger partial charge in [0.2, 0.25) is 5.91 Å². The van der Waals surface area contributed by atoms with Gasteiger partial charge in [-0.1, -0.05) is 24.3 Å². The normalized spacial score (nSPS) is 22.0. The predicted octanol–water partition coefficient (Wildman–Crippen LogP) is 3.01. The highest BCUT2D eigenvalue weighted by atomic mass is 16.5. The predicted molar refractivity (Wildman–Crippen MR) is 93.8 cm³/mol. The molecule has 0 saturated heterocycles. The van der Waals surface area contributed by atoms with E-state index in [1.807, 2.05) is 36.4 Å². The largest absolute Gasteiger partial charge is 0.492 e. The molecule has 0 spiro atoms. The number of nitrogen functional groups attached to an aromatic ring is 1. The van der Waals surface area contributed by atoms with Crippen molar-refractivity contribution < 1.29 is 9.53 Å². The minimum atomic E-state index is -0.126. The lowest BCUT2D eigenvalue weighted by Gasteiger charge is -2.30. The van der Waals surface area contributed by atoms with Gasteiger partial charge in [-0.25, -0.2) is 0 Å². The number of hydrogen-bond donors (Lipinski definition) is 2. The van der Waals surface area contributed by atoms with Gasteiger partial charge < -0.3 is 15.8 Å². The summed E-state index contributed by atoms with van der Waals surface area (Å²) in [4.78, 5) is 12.7. The molecule has 124 valence electrons. The number of carbonyl (C=O) groups is 1. The van der Waals surface area contributed by atoms with E-state index < -0.39 is 0 Å². The smallest absolute Gasteiger partial charge is 0.227 e. The summed E-state index contributed by atoms with van der Waals surface area (Å²) in [5.41, 5.74) is 10.3. The van der Waals surface area contributed by atoms with Crippen LogP contribution in [0.25, 0.3) is 0 Å². The van der Waals surface area contributed by atoms with Crippen LogP contribution >= 0.6 is 0 Å². The van der Waals surface area contributed by atoms with Gasteiger partial charge in [0.25, 0.3) is 0 Å². The molecule has 1 aliphatic heterocycles. The van der Waals surface area contributed by atoms with Gasteiger partial charge >= 0.3 is 0 Å². The number of anilines is 1. The molecule has 4 rings (SSSR count). The van der Waals surface area contributed by atoms with Crippen LogP contribution in [-0.2, 0) is 17.6 Å². The Morgan fingerprint density at radius 2 is 2.04 bits per heavy atom. The molecule has 4 nitrogen and oxygen atoms in total. The minimum Gasteiger partial charge on any atom is -0.492 e. The monoisotopic (exact) mass is 322 g/mol. The van der Waals surface area contributed by atoms with Crippen LogP contribution in [0.1, 0.15) is 35.6 Å². The van der Waals surface area contributed by atoms with Crippen molar-refractivity contribution >= 4 is 11.6 Å². The summed E-state index contributed by atoms with van der Waals surface area (Å²) < 4.78 is 5.75. The van der Waals surface area contributed by atoms with Gasteiger partial charge in [-0.05, 0) is 60.6 Å². The van der Waals surface area contributed by atoms with Crippen molar-refractivity contribution in [1.29, 1.82) is 0 Å². The molecule has 0 aromatic heterocycles. The molecule has 4 heteroatoms. The van der Waals surface area contributed by atoms with Crippen molar-refractivity contribution in [3.8, 4) is 5.75 Å². The van der Waals surface area contributed by atoms with Gasteiger partial charge in [-0.2, -0.15) is 0 Å². The zero-order chi connectivity index (χ0) is 16.5. The third kappa shape index (κ3) is 2.84. The first-order valence-electron chi connectivity index (χ1n) is 8.60. The molecule has 2 aromatic carbocycles. The third-order valence-electron chi connectivity index (χ3n) is 5.05. The summed E-state index contributed by atoms with van der Waals surface area (Å²) in [6.45, 7) is 0.449. The first kappa shape index (κ1) is 15.1. The number of carbonyl (C=O) groups excluding carboxylic acids is 1. The molecule has 0 saturated carbocycles. The Kier molecular flexibility index (Phi) is 3.89. The second-order valence-electron chi connectivity index (χ2n) is 6.73. The van der Waals surface area contributed by atoms with Crippen molar-refractivity contribution in [2.45, 2.75) is 31.7 Å². The summed E-state index contributed by atoms with van der Waals surface area (Å²) in [7, 11) is 0. The Hall–Kier alpha value is -2.49. The van der Waals surface area contributed by atoms with Crippen LogP contribution in [0.2, 0.25) is 0 Å². The van der Waals surface area contributed by atoms with E-state index in [0.29, 0.717) is 6.61 Å². The first-order chi connectivity index (χ1) is 11.7. The summed E-state index contributed by atoms with van der Waals surface area (Å²) in [5.74, 6) is 0.860. The van der Waals surface area contributed by atoms with E-state index in [1.54, 1.807) is 0 Å². The van der Waals surface area contributed by atoms with Crippen molar-refractivity contribution in [2.24, 2.45) is 5.92 Å². The lowest BCUT2D eigenvalue weighted by atomic mass is 9.86. The lowest BCUT2D eigenvalue weighted by Crippen LogP contribution is -2.40. The second kappa shape index (κ2) is 6.19. The number of rotatable bonds is 2. The van der Waals surface area contributed by atoms with E-state index >= 15 is 0 Å². The van der Waals surface area contributed by atoms with Gasteiger partial charge in [-0.15, -0.1) is 0 Å². The number of benzene rings is 2. The summed E-state index contributed by atoms with van der Waals surface area (Å²) in [6.07, 6.45) is 3.83. The molecule has 0 radical (unpaired) electrons. The topological polar surface area (TPSA) is 64.3 Å². The van der Waals surface area contributed by atoms with Crippen molar-refractivity contribution in [1.82, 2.24) is 5.32 Å². The number of aryl methyl sites for hydroxylation is 1. The van der Waals surface area contributed by atoms with Crippen LogP contribution in [0.15, 0.2) is 42.5 Å². The molecule has 2 aromatic rings. The highest BCUT2D eigenvalue weighted by Gasteiger charge is 2.29. The van der Waals surface area contributed by atoms with Crippen molar-refractivity contribution in [3.05, 3.63) is 59.2 Å². The molecule has 24 heavy (non-hydrogen) atoms. The molecule has 2 unspecified atom stereocenters. The molecule has 1 aliphatic carbocycles. The fourth-order valence-corrected chi connectivity index (χ4v) is 3.77. The Bertz CT molecular complexity index is 772. The molecule has 2 atom stereocenters. The van der Waals surface area contributed by atoms with E-state index in [4.69, 9.17) is 10.5 Å². The van der Waals surface area contributed by atoms with Crippen LogP contribution < -0.4 is 15.8 Å². The SMILES string of the molecule is Nc1ccc2c(c1)CCCC2NC(=O)C1COc2ccccc2C1. The maximum Gasteiger partial charge on any atom is 0.227 e. The third-order valence-corrected chi connectivity index (χ3v) is 5.05. The summed E-state index contributed by atoms with van der Waals surface area (Å²) >= 11 is 0. The molecule has 2 aliphatic rings. The molecule has 3 N–H and O–H groups in total. The van der Waals surface area contributed by atoms with Crippen LogP contribution in [0, 0.1) is 5.92 Å². The van der Waals surface area contributed by atoms with Crippen LogP contribution in [0.5, 0.6) is 5.75 Å². The first-order valence-corrected chi connectivity index (χ1v) is 8.60. The van der Waals surface area contributed by atoms with Crippen LogP contribution in [0.4, 0.5) is 5.69 Å². The molecule has 1 amide bonds. The molecule has 0 bridgehead atoms. The number of hydrogen-bond acceptors (Lipinski definition) is 3. The maximum atomic E-state index is 12.7. The number of para-hydroxylation sites is 1. The minimum absolute atomic E-state index is 0.0824. The van der Waals surface area contributed by atoms with E-state index in [1.165, 1.54) is 11.1 Å². The lowest BCUT2D eigenvalue weighted by molar-refractivity contribution is -0.127. The zero-order valence-corrected chi connectivity index (χ0v) is 13.6. The fourth-order valence-electron chi connectivity index (χ4n) is 3.77. The molecular formula is C20H22N2O2. The van der Waals surface area contributed by atoms with E-state index in [9.17, 15) is 4.79 Å². The van der Waals surface area contributed by atoms with Gasteiger partial charge in [0.15, 0.2) is 0 Å². The van der Waals surface area contributed by atoms with Gasteiger partial charge in [0.1, 0.15) is 12.4 Å². The number of fused-ring (bicyclic) bond motifs is 2. The van der Waals surface area contributed by atoms with E-state index in [0.717, 1.165) is 42.7 Å². The van der Waals surface area contributed by atoms with E-state index in [2.05, 4.69) is 11.4 Å². The molecule has 0 fully saturated rings. The zero-order valence-electron chi connectivity index (χ0n) is 13.6. The van der Waals surface area contributed by atoms with Crippen molar-refractivity contribution in [3.63, 3.8) is 0 Å². The average molecular weight is 322 g/mol. The molecular weight excluding hydrogens is 300 g/mol. The Balaban J connectivity index is 1.48. The fraction of sp³-hybridized carbons (Fsp3) is 0.350. The van der Waals surface area contributed by atoms with Crippen molar-refractivity contribution in [2.75, 3.05) is 12.3 Å². The number of nitrogens with two attached hydrogens (primary N) is 1. The Morgan fingerprint density at radius 3 is 2.96 bits per heavy atom.